The highest BCUT2D eigenvalue weighted by atomic mass is 32.1. The fourth-order valence-electron chi connectivity index (χ4n) is 9.54. The molecule has 0 N–H and O–H groups in total. The average Bonchev–Trinajstić information content (AvgIpc) is 3.89. The molecule has 3 aromatic heterocycles. The van der Waals surface area contributed by atoms with Gasteiger partial charge >= 0.3 is 0 Å². The third-order valence-corrected chi connectivity index (χ3v) is 13.5. The molecule has 0 radical (unpaired) electrons. The van der Waals surface area contributed by atoms with Crippen LogP contribution in [0, 0.1) is 0 Å². The molecule has 0 aliphatic heterocycles. The number of para-hydroxylation sites is 2. The molecule has 0 unspecified atom stereocenters. The Morgan fingerprint density at radius 1 is 0.274 bits per heavy atom. The second kappa shape index (κ2) is 13.8. The Morgan fingerprint density at radius 2 is 0.742 bits per heavy atom. The molecule has 0 saturated carbocycles. The lowest BCUT2D eigenvalue weighted by Crippen LogP contribution is -2.02. The largest absolute Gasteiger partial charge is 0.309 e. The highest BCUT2D eigenvalue weighted by Gasteiger charge is 2.19. The predicted molar refractivity (Wildman–Crippen MR) is 261 cm³/mol. The van der Waals surface area contributed by atoms with Gasteiger partial charge in [0.25, 0.3) is 0 Å². The predicted octanol–water partition coefficient (Wildman–Crippen LogP) is 15.5. The number of fused-ring (bicyclic) bond motifs is 12. The smallest absolute Gasteiger partial charge is 0.164 e. The number of hydrogen-bond donors (Lipinski definition) is 0. The lowest BCUT2D eigenvalue weighted by atomic mass is 9.91. The van der Waals surface area contributed by atoms with Gasteiger partial charge < -0.3 is 4.57 Å². The summed E-state index contributed by atoms with van der Waals surface area (Å²) in [4.78, 5) is 15.8. The molecular formula is C57H34N4S. The van der Waals surface area contributed by atoms with Crippen LogP contribution in [0.25, 0.3) is 125 Å². The zero-order valence-corrected chi connectivity index (χ0v) is 34.1. The van der Waals surface area contributed by atoms with E-state index in [1.54, 1.807) is 0 Å². The summed E-state index contributed by atoms with van der Waals surface area (Å²) in [7, 11) is 0. The van der Waals surface area contributed by atoms with Gasteiger partial charge in [0, 0.05) is 53.3 Å². The standard InChI is InChI=1S/C57H34N4S/c1-2-14-35(15-3-1)55-58-56(37-27-29-54-50(34-37)48-22-10-13-25-53(48)62-54)60-57(59-55)39-30-38(31-40(32-39)61-51-23-11-8-20-46(51)47-21-9-12-24-52(47)61)36-26-28-45-43-18-5-4-16-41(43)42-17-6-7-19-44(42)49(45)33-36/h1-34H. The number of thiophene rings is 1. The molecule has 0 spiro atoms. The summed E-state index contributed by atoms with van der Waals surface area (Å²) in [5, 5.41) is 12.4. The second-order valence-electron chi connectivity index (χ2n) is 16.0. The monoisotopic (exact) mass is 806 g/mol. The first-order valence-corrected chi connectivity index (χ1v) is 21.7. The lowest BCUT2D eigenvalue weighted by Gasteiger charge is -2.16. The van der Waals surface area contributed by atoms with E-state index in [-0.39, 0.29) is 0 Å². The van der Waals surface area contributed by atoms with Crippen molar-refractivity contribution < 1.29 is 0 Å². The molecule has 0 amide bonds. The number of rotatable bonds is 5. The fourth-order valence-corrected chi connectivity index (χ4v) is 10.6. The second-order valence-corrected chi connectivity index (χ2v) is 17.1. The van der Waals surface area contributed by atoms with E-state index < -0.39 is 0 Å². The van der Waals surface area contributed by atoms with Gasteiger partial charge in [0.15, 0.2) is 17.5 Å². The van der Waals surface area contributed by atoms with Gasteiger partial charge in [0.1, 0.15) is 0 Å². The third-order valence-electron chi connectivity index (χ3n) is 12.4. The van der Waals surface area contributed by atoms with E-state index in [1.807, 2.05) is 29.5 Å². The van der Waals surface area contributed by atoms with Crippen LogP contribution in [-0.4, -0.2) is 19.5 Å². The molecule has 13 aromatic rings. The zero-order chi connectivity index (χ0) is 40.7. The Kier molecular flexibility index (Phi) is 7.74. The molecule has 0 bridgehead atoms. The van der Waals surface area contributed by atoms with E-state index in [1.165, 1.54) is 63.3 Å². The summed E-state index contributed by atoms with van der Waals surface area (Å²) < 4.78 is 4.90. The first-order valence-electron chi connectivity index (χ1n) is 20.9. The van der Waals surface area contributed by atoms with Crippen LogP contribution in [0.2, 0.25) is 0 Å². The van der Waals surface area contributed by atoms with Gasteiger partial charge in [-0.25, -0.2) is 15.0 Å². The summed E-state index contributed by atoms with van der Waals surface area (Å²) in [5.74, 6) is 1.89. The van der Waals surface area contributed by atoms with E-state index in [9.17, 15) is 0 Å². The molecule has 4 nitrogen and oxygen atoms in total. The first kappa shape index (κ1) is 34.8. The molecular weight excluding hydrogens is 773 g/mol. The summed E-state index contributed by atoms with van der Waals surface area (Å²) in [6.07, 6.45) is 0. The van der Waals surface area contributed by atoms with Crippen molar-refractivity contribution in [3.63, 3.8) is 0 Å². The molecule has 10 aromatic carbocycles. The van der Waals surface area contributed by atoms with Crippen LogP contribution >= 0.6 is 11.3 Å². The zero-order valence-electron chi connectivity index (χ0n) is 33.3. The first-order chi connectivity index (χ1) is 30.7. The highest BCUT2D eigenvalue weighted by molar-refractivity contribution is 7.25. The average molecular weight is 807 g/mol. The van der Waals surface area contributed by atoms with Crippen molar-refractivity contribution in [1.29, 1.82) is 0 Å². The summed E-state index contributed by atoms with van der Waals surface area (Å²) in [6.45, 7) is 0. The number of benzene rings is 10. The minimum atomic E-state index is 0.616. The Balaban J connectivity index is 1.09. The van der Waals surface area contributed by atoms with Gasteiger partial charge in [-0.1, -0.05) is 146 Å². The van der Waals surface area contributed by atoms with Crippen molar-refractivity contribution in [1.82, 2.24) is 19.5 Å². The minimum absolute atomic E-state index is 0.616. The molecule has 0 aliphatic rings. The Labute approximate surface area is 360 Å². The topological polar surface area (TPSA) is 43.6 Å². The number of hydrogen-bond acceptors (Lipinski definition) is 4. The van der Waals surface area contributed by atoms with Gasteiger partial charge in [0.2, 0.25) is 0 Å². The third kappa shape index (κ3) is 5.49. The minimum Gasteiger partial charge on any atom is -0.309 e. The maximum Gasteiger partial charge on any atom is 0.164 e. The summed E-state index contributed by atoms with van der Waals surface area (Å²) in [6, 6.07) is 74.1. The van der Waals surface area contributed by atoms with Crippen molar-refractivity contribution >= 4 is 85.6 Å². The van der Waals surface area contributed by atoms with Gasteiger partial charge in [-0.3, -0.25) is 0 Å². The van der Waals surface area contributed by atoms with Gasteiger partial charge in [-0.05, 0) is 104 Å². The number of nitrogens with zero attached hydrogens (tertiary/aromatic N) is 4. The summed E-state index contributed by atoms with van der Waals surface area (Å²) >= 11 is 1.81. The van der Waals surface area contributed by atoms with Crippen molar-refractivity contribution in [2.24, 2.45) is 0 Å². The molecule has 288 valence electrons. The van der Waals surface area contributed by atoms with E-state index in [0.717, 1.165) is 44.5 Å². The summed E-state index contributed by atoms with van der Waals surface area (Å²) in [5.41, 5.74) is 8.32. The van der Waals surface area contributed by atoms with E-state index >= 15 is 0 Å². The Morgan fingerprint density at radius 3 is 1.42 bits per heavy atom. The van der Waals surface area contributed by atoms with Crippen LogP contribution in [0.15, 0.2) is 206 Å². The van der Waals surface area contributed by atoms with Crippen molar-refractivity contribution in [3.8, 4) is 51.0 Å². The highest BCUT2D eigenvalue weighted by Crippen LogP contribution is 2.41. The van der Waals surface area contributed by atoms with Crippen LogP contribution in [0.3, 0.4) is 0 Å². The van der Waals surface area contributed by atoms with Crippen molar-refractivity contribution in [3.05, 3.63) is 206 Å². The molecule has 0 saturated heterocycles. The van der Waals surface area contributed by atoms with Crippen molar-refractivity contribution in [2.45, 2.75) is 0 Å². The number of aromatic nitrogens is 4. The molecule has 3 heterocycles. The lowest BCUT2D eigenvalue weighted by molar-refractivity contribution is 1.07. The van der Waals surface area contributed by atoms with Gasteiger partial charge in [-0.2, -0.15) is 0 Å². The van der Waals surface area contributed by atoms with Crippen LogP contribution in [0.4, 0.5) is 0 Å². The van der Waals surface area contributed by atoms with Crippen LogP contribution < -0.4 is 0 Å². The molecule has 0 fully saturated rings. The SMILES string of the molecule is c1ccc(-c2nc(-c3cc(-c4ccc5c6ccccc6c6ccccc6c5c4)cc(-n4c5ccccc5c5ccccc54)c3)nc(-c3ccc4sc5ccccc5c4c3)n2)cc1. The molecule has 0 atom stereocenters. The van der Waals surface area contributed by atoms with Crippen LogP contribution in [-0.2, 0) is 0 Å². The molecule has 0 aliphatic carbocycles. The van der Waals surface area contributed by atoms with E-state index in [0.29, 0.717) is 17.5 Å². The molecule has 62 heavy (non-hydrogen) atoms. The fraction of sp³-hybridized carbons (Fsp3) is 0. The Bertz CT molecular complexity index is 3850. The maximum atomic E-state index is 5.35. The molecule has 5 heteroatoms. The van der Waals surface area contributed by atoms with Crippen LogP contribution in [0.5, 0.6) is 0 Å². The normalized spacial score (nSPS) is 11.9. The van der Waals surface area contributed by atoms with Crippen LogP contribution in [0.1, 0.15) is 0 Å². The molecule has 13 rings (SSSR count). The van der Waals surface area contributed by atoms with E-state index in [4.69, 9.17) is 15.0 Å². The van der Waals surface area contributed by atoms with Gasteiger partial charge in [-0.15, -0.1) is 11.3 Å². The maximum absolute atomic E-state index is 5.35. The quantitative estimate of drug-likeness (QED) is 0.163. The Hall–Kier alpha value is -7.99. The van der Waals surface area contributed by atoms with E-state index in [2.05, 4.69) is 193 Å². The van der Waals surface area contributed by atoms with Crippen molar-refractivity contribution in [2.75, 3.05) is 0 Å². The van der Waals surface area contributed by atoms with Gasteiger partial charge in [0.05, 0.1) is 11.0 Å².